The Morgan fingerprint density at radius 3 is 2.57 bits per heavy atom. The van der Waals surface area contributed by atoms with Gasteiger partial charge in [0.2, 0.25) is 10.0 Å². The summed E-state index contributed by atoms with van der Waals surface area (Å²) in [4.78, 5) is 7.88. The molecule has 1 aliphatic rings. The number of halogens is 1. The van der Waals surface area contributed by atoms with Crippen LogP contribution in [-0.4, -0.2) is 31.1 Å². The first-order chi connectivity index (χ1) is 13.4. The van der Waals surface area contributed by atoms with Crippen molar-refractivity contribution in [1.82, 2.24) is 14.6 Å². The number of fused-ring (bicyclic) bond motifs is 1. The van der Waals surface area contributed by atoms with Gasteiger partial charge in [-0.2, -0.15) is 0 Å². The molecule has 1 aliphatic heterocycles. The molecular formula is C20H20FN3O2S2. The third kappa shape index (κ3) is 4.47. The summed E-state index contributed by atoms with van der Waals surface area (Å²) in [6.07, 6.45) is 1.17. The van der Waals surface area contributed by atoms with Crippen LogP contribution in [-0.2, 0) is 23.1 Å². The fraction of sp³-hybridized carbons (Fsp3) is 0.250. The number of hydrogen-bond acceptors (Lipinski definition) is 5. The fourth-order valence-electron chi connectivity index (χ4n) is 3.39. The van der Waals surface area contributed by atoms with Crippen LogP contribution in [0.25, 0.3) is 10.6 Å². The molecule has 2 heterocycles. The third-order valence-electron chi connectivity index (χ3n) is 4.55. The molecular weight excluding hydrogens is 397 g/mol. The largest absolute Gasteiger partial charge is 0.291 e. The lowest BCUT2D eigenvalue weighted by molar-refractivity contribution is 0.216. The topological polar surface area (TPSA) is 62.3 Å². The maximum absolute atomic E-state index is 13.2. The van der Waals surface area contributed by atoms with Crippen LogP contribution in [0.4, 0.5) is 4.39 Å². The zero-order chi connectivity index (χ0) is 19.7. The Balaban J connectivity index is 1.64. The van der Waals surface area contributed by atoms with E-state index in [1.807, 2.05) is 30.3 Å². The highest BCUT2D eigenvalue weighted by Crippen LogP contribution is 2.36. The number of rotatable bonds is 5. The summed E-state index contributed by atoms with van der Waals surface area (Å²) in [6.45, 7) is 1.76. The monoisotopic (exact) mass is 417 g/mol. The maximum atomic E-state index is 13.2. The average Bonchev–Trinajstić information content (AvgIpc) is 3.08. The Kier molecular flexibility index (Phi) is 5.29. The zero-order valence-electron chi connectivity index (χ0n) is 15.3. The van der Waals surface area contributed by atoms with Gasteiger partial charge in [0.15, 0.2) is 0 Å². The van der Waals surface area contributed by atoms with Gasteiger partial charge in [0.1, 0.15) is 10.8 Å². The lowest BCUT2D eigenvalue weighted by Gasteiger charge is -2.31. The van der Waals surface area contributed by atoms with Crippen LogP contribution in [0.5, 0.6) is 0 Å². The molecule has 0 fully saturated rings. The van der Waals surface area contributed by atoms with Gasteiger partial charge in [0.25, 0.3) is 0 Å². The first kappa shape index (κ1) is 19.2. The number of thiazole rings is 1. The molecule has 0 saturated carbocycles. The fourth-order valence-corrected chi connectivity index (χ4v) is 5.29. The average molecular weight is 418 g/mol. The van der Waals surface area contributed by atoms with Gasteiger partial charge in [0.05, 0.1) is 18.0 Å². The summed E-state index contributed by atoms with van der Waals surface area (Å²) in [5, 5.41) is 0.884. The predicted molar refractivity (Wildman–Crippen MR) is 109 cm³/mol. The highest BCUT2D eigenvalue weighted by molar-refractivity contribution is 7.88. The van der Waals surface area contributed by atoms with Crippen LogP contribution in [0.15, 0.2) is 54.6 Å². The number of nitrogens with zero attached hydrogens (tertiary/aromatic N) is 2. The van der Waals surface area contributed by atoms with E-state index in [4.69, 9.17) is 4.98 Å². The van der Waals surface area contributed by atoms with Crippen molar-refractivity contribution in [3.63, 3.8) is 0 Å². The van der Waals surface area contributed by atoms with Crippen molar-refractivity contribution in [1.29, 1.82) is 0 Å². The number of benzene rings is 2. The highest BCUT2D eigenvalue weighted by atomic mass is 32.2. The molecule has 1 N–H and O–H groups in total. The van der Waals surface area contributed by atoms with E-state index < -0.39 is 10.0 Å². The molecule has 8 heteroatoms. The number of aromatic nitrogens is 1. The quantitative estimate of drug-likeness (QED) is 0.690. The Bertz CT molecular complexity index is 1070. The molecule has 1 aromatic heterocycles. The van der Waals surface area contributed by atoms with Gasteiger partial charge in [-0.25, -0.2) is 22.5 Å². The predicted octanol–water partition coefficient (Wildman–Crippen LogP) is 3.56. The molecule has 4 rings (SSSR count). The molecule has 146 valence electrons. The molecule has 0 amide bonds. The first-order valence-electron chi connectivity index (χ1n) is 8.86. The summed E-state index contributed by atoms with van der Waals surface area (Å²) in [5.74, 6) is -0.270. The lowest BCUT2D eigenvalue weighted by atomic mass is 10.1. The SMILES string of the molecule is CS(=O)(=O)NC1CN(Cc2ccc(F)cc2)Cc2nc(-c3ccccc3)sc21. The van der Waals surface area contributed by atoms with Crippen LogP contribution < -0.4 is 4.72 Å². The maximum Gasteiger partial charge on any atom is 0.209 e. The molecule has 0 aliphatic carbocycles. The van der Waals surface area contributed by atoms with Crippen molar-refractivity contribution in [2.75, 3.05) is 12.8 Å². The van der Waals surface area contributed by atoms with Gasteiger partial charge < -0.3 is 0 Å². The van der Waals surface area contributed by atoms with Crippen LogP contribution in [0, 0.1) is 5.82 Å². The van der Waals surface area contributed by atoms with Gasteiger partial charge in [-0.15, -0.1) is 11.3 Å². The van der Waals surface area contributed by atoms with E-state index in [9.17, 15) is 12.8 Å². The Morgan fingerprint density at radius 2 is 1.89 bits per heavy atom. The van der Waals surface area contributed by atoms with E-state index in [2.05, 4.69) is 9.62 Å². The van der Waals surface area contributed by atoms with E-state index in [-0.39, 0.29) is 11.9 Å². The standard InChI is InChI=1S/C20H20FN3O2S2/c1-28(25,26)23-18-13-24(11-14-7-9-16(21)10-8-14)12-17-19(18)27-20(22-17)15-5-3-2-4-6-15/h2-10,18,23H,11-13H2,1H3. The van der Waals surface area contributed by atoms with E-state index in [1.165, 1.54) is 29.7 Å². The molecule has 3 aromatic rings. The molecule has 1 atom stereocenters. The third-order valence-corrected chi connectivity index (χ3v) is 6.53. The molecule has 0 radical (unpaired) electrons. The van der Waals surface area contributed by atoms with Crippen LogP contribution >= 0.6 is 11.3 Å². The van der Waals surface area contributed by atoms with Crippen LogP contribution in [0.2, 0.25) is 0 Å². The van der Waals surface area contributed by atoms with Crippen molar-refractivity contribution in [3.8, 4) is 10.6 Å². The Hall–Kier alpha value is -2.13. The minimum Gasteiger partial charge on any atom is -0.291 e. The van der Waals surface area contributed by atoms with Crippen molar-refractivity contribution < 1.29 is 12.8 Å². The number of hydrogen-bond donors (Lipinski definition) is 1. The smallest absolute Gasteiger partial charge is 0.209 e. The van der Waals surface area contributed by atoms with Crippen molar-refractivity contribution >= 4 is 21.4 Å². The van der Waals surface area contributed by atoms with Crippen molar-refractivity contribution in [2.45, 2.75) is 19.1 Å². The number of nitrogens with one attached hydrogen (secondary N) is 1. The summed E-state index contributed by atoms with van der Waals surface area (Å²) in [6, 6.07) is 15.9. The van der Waals surface area contributed by atoms with Gasteiger partial charge in [0, 0.05) is 30.1 Å². The normalized spacial score (nSPS) is 17.4. The first-order valence-corrected chi connectivity index (χ1v) is 11.6. The molecule has 1 unspecified atom stereocenters. The van der Waals surface area contributed by atoms with Gasteiger partial charge in [-0.05, 0) is 17.7 Å². The second-order valence-electron chi connectivity index (χ2n) is 6.93. The Morgan fingerprint density at radius 1 is 1.18 bits per heavy atom. The molecule has 2 aromatic carbocycles. The molecule has 0 bridgehead atoms. The number of sulfonamides is 1. The summed E-state index contributed by atoms with van der Waals surface area (Å²) in [5.41, 5.74) is 2.88. The minimum absolute atomic E-state index is 0.270. The minimum atomic E-state index is -3.37. The van der Waals surface area contributed by atoms with E-state index in [1.54, 1.807) is 12.1 Å². The van der Waals surface area contributed by atoms with E-state index in [0.29, 0.717) is 19.6 Å². The summed E-state index contributed by atoms with van der Waals surface area (Å²) >= 11 is 1.53. The van der Waals surface area contributed by atoms with Crippen molar-refractivity contribution in [3.05, 3.63) is 76.5 Å². The zero-order valence-corrected chi connectivity index (χ0v) is 16.9. The van der Waals surface area contributed by atoms with E-state index in [0.717, 1.165) is 26.7 Å². The van der Waals surface area contributed by atoms with E-state index >= 15 is 0 Å². The van der Waals surface area contributed by atoms with Gasteiger partial charge in [-0.3, -0.25) is 4.90 Å². The molecule has 28 heavy (non-hydrogen) atoms. The van der Waals surface area contributed by atoms with Gasteiger partial charge in [-0.1, -0.05) is 42.5 Å². The summed E-state index contributed by atoms with van der Waals surface area (Å²) < 4.78 is 39.7. The van der Waals surface area contributed by atoms with Crippen LogP contribution in [0.3, 0.4) is 0 Å². The Labute approximate surface area is 167 Å². The van der Waals surface area contributed by atoms with Crippen LogP contribution in [0.1, 0.15) is 22.2 Å². The second kappa shape index (κ2) is 7.71. The van der Waals surface area contributed by atoms with Crippen molar-refractivity contribution in [2.24, 2.45) is 0 Å². The molecule has 0 saturated heterocycles. The molecule has 0 spiro atoms. The summed E-state index contributed by atoms with van der Waals surface area (Å²) in [7, 11) is -3.37. The lowest BCUT2D eigenvalue weighted by Crippen LogP contribution is -2.40. The highest BCUT2D eigenvalue weighted by Gasteiger charge is 2.31. The molecule has 5 nitrogen and oxygen atoms in total. The second-order valence-corrected chi connectivity index (χ2v) is 9.75. The van der Waals surface area contributed by atoms with Gasteiger partial charge >= 0.3 is 0 Å².